The van der Waals surface area contributed by atoms with Gasteiger partial charge in [-0.2, -0.15) is 0 Å². The van der Waals surface area contributed by atoms with Gasteiger partial charge >= 0.3 is 5.76 Å². The molecule has 0 radical (unpaired) electrons. The Morgan fingerprint density at radius 2 is 2.10 bits per heavy atom. The number of aliphatic hydroxyl groups is 1. The molecule has 5 N–H and O–H groups in total. The summed E-state index contributed by atoms with van der Waals surface area (Å²) < 4.78 is 4.58. The molecule has 0 aliphatic heterocycles. The van der Waals surface area contributed by atoms with Crippen molar-refractivity contribution in [3.63, 3.8) is 0 Å². The minimum absolute atomic E-state index is 0.108. The molecule has 2 aliphatic carbocycles. The number of anilines is 3. The number of nitrogens with one attached hydrogen (secondary N) is 2. The lowest BCUT2D eigenvalue weighted by Crippen LogP contribution is -2.36. The maximum atomic E-state index is 11.4. The Balaban J connectivity index is 1.73. The van der Waals surface area contributed by atoms with Crippen molar-refractivity contribution in [3.8, 4) is 11.6 Å². The highest BCUT2D eigenvalue weighted by atomic mass is 16.5. The van der Waals surface area contributed by atoms with Crippen LogP contribution in [0.2, 0.25) is 0 Å². The van der Waals surface area contributed by atoms with E-state index in [1.54, 1.807) is 0 Å². The van der Waals surface area contributed by atoms with Crippen molar-refractivity contribution < 1.29 is 9.63 Å². The number of nitrogens with two attached hydrogens (primary N) is 1. The van der Waals surface area contributed by atoms with E-state index >= 15 is 0 Å². The van der Waals surface area contributed by atoms with E-state index < -0.39 is 11.4 Å². The van der Waals surface area contributed by atoms with E-state index in [9.17, 15) is 9.90 Å². The van der Waals surface area contributed by atoms with Crippen molar-refractivity contribution in [2.45, 2.75) is 58.6 Å². The number of rotatable bonds is 6. The van der Waals surface area contributed by atoms with E-state index in [1.165, 1.54) is 6.42 Å². The monoisotopic (exact) mass is 415 g/mol. The molecule has 1 fully saturated rings. The Bertz CT molecular complexity index is 1050. The summed E-state index contributed by atoms with van der Waals surface area (Å²) in [6, 6.07) is 0.180. The highest BCUT2D eigenvalue weighted by Crippen LogP contribution is 2.51. The van der Waals surface area contributed by atoms with Gasteiger partial charge in [-0.05, 0) is 31.8 Å². The Morgan fingerprint density at radius 3 is 2.60 bits per heavy atom. The van der Waals surface area contributed by atoms with Crippen LogP contribution in [-0.4, -0.2) is 43.9 Å². The van der Waals surface area contributed by atoms with Gasteiger partial charge in [0.2, 0.25) is 11.6 Å². The van der Waals surface area contributed by atoms with Gasteiger partial charge in [0.05, 0.1) is 5.70 Å². The van der Waals surface area contributed by atoms with E-state index in [-0.39, 0.29) is 28.9 Å². The van der Waals surface area contributed by atoms with Gasteiger partial charge < -0.3 is 21.1 Å². The molecular weight excluding hydrogens is 386 g/mol. The van der Waals surface area contributed by atoms with Crippen LogP contribution in [0.15, 0.2) is 21.1 Å². The van der Waals surface area contributed by atoms with Crippen molar-refractivity contribution in [1.29, 1.82) is 0 Å². The second-order valence-corrected chi connectivity index (χ2v) is 9.30. The topological polar surface area (TPSA) is 146 Å². The first kappa shape index (κ1) is 20.4. The molecular formula is C20H29N7O3. The number of likely N-dealkylation sites (N-methyl/N-ethyl adjacent to an activating group) is 1. The van der Waals surface area contributed by atoms with Crippen LogP contribution >= 0.6 is 0 Å². The number of nitrogen functional groups attached to an aromatic ring is 1. The molecule has 0 amide bonds. The van der Waals surface area contributed by atoms with Crippen molar-refractivity contribution in [3.05, 3.63) is 22.3 Å². The normalized spacial score (nSPS) is 22.3. The predicted molar refractivity (Wildman–Crippen MR) is 114 cm³/mol. The lowest BCUT2D eigenvalue weighted by Gasteiger charge is -2.34. The maximum Gasteiger partial charge on any atom is 0.439 e. The molecule has 2 aromatic heterocycles. The van der Waals surface area contributed by atoms with Crippen LogP contribution in [0, 0.1) is 11.3 Å². The van der Waals surface area contributed by atoms with Crippen LogP contribution in [0.5, 0.6) is 0 Å². The summed E-state index contributed by atoms with van der Waals surface area (Å²) >= 11 is 0. The molecule has 2 atom stereocenters. The second kappa shape index (κ2) is 6.83. The van der Waals surface area contributed by atoms with E-state index in [4.69, 9.17) is 5.73 Å². The van der Waals surface area contributed by atoms with Crippen molar-refractivity contribution in [2.75, 3.05) is 23.0 Å². The van der Waals surface area contributed by atoms with Gasteiger partial charge in [-0.1, -0.05) is 32.3 Å². The largest absolute Gasteiger partial charge is 0.439 e. The third-order valence-electron chi connectivity index (χ3n) is 6.28. The van der Waals surface area contributed by atoms with Gasteiger partial charge in [0, 0.05) is 18.5 Å². The summed E-state index contributed by atoms with van der Waals surface area (Å²) in [6.45, 7) is 8.05. The molecule has 2 heterocycles. The molecule has 30 heavy (non-hydrogen) atoms. The average molecular weight is 415 g/mol. The van der Waals surface area contributed by atoms with Crippen LogP contribution in [0.3, 0.4) is 0 Å². The molecule has 162 valence electrons. The van der Waals surface area contributed by atoms with Gasteiger partial charge in [0.25, 0.3) is 0 Å². The van der Waals surface area contributed by atoms with Gasteiger partial charge in [-0.3, -0.25) is 9.51 Å². The summed E-state index contributed by atoms with van der Waals surface area (Å²) in [6.07, 6.45) is 5.37. The third kappa shape index (κ3) is 3.34. The van der Waals surface area contributed by atoms with E-state index in [0.717, 1.165) is 18.5 Å². The number of hydrogen-bond acceptors (Lipinski definition) is 9. The Hall–Kier alpha value is -2.88. The highest BCUT2D eigenvalue weighted by Gasteiger charge is 2.54. The Morgan fingerprint density at radius 1 is 1.40 bits per heavy atom. The summed E-state index contributed by atoms with van der Waals surface area (Å²) in [7, 11) is 1.83. The highest BCUT2D eigenvalue weighted by molar-refractivity contribution is 5.82. The minimum Gasteiger partial charge on any atom is -0.382 e. The first-order valence-electron chi connectivity index (χ1n) is 10.2. The summed E-state index contributed by atoms with van der Waals surface area (Å²) in [5, 5.41) is 18.1. The lowest BCUT2D eigenvalue weighted by molar-refractivity contribution is 0.0548. The zero-order valence-electron chi connectivity index (χ0n) is 18.0. The Kier molecular flexibility index (Phi) is 4.64. The molecule has 1 saturated carbocycles. The SMILES string of the molecule is C[C@@H](Nc1nc(-c2noc(=O)[nH]2)nc(N)c1N(C)C1=CC1(O)C(C)(C)C)C1CCC1. The van der Waals surface area contributed by atoms with E-state index in [2.05, 4.69) is 36.9 Å². The number of aromatic nitrogens is 4. The molecule has 0 bridgehead atoms. The van der Waals surface area contributed by atoms with Gasteiger partial charge in [0.15, 0.2) is 11.6 Å². The summed E-state index contributed by atoms with van der Waals surface area (Å²) in [5.74, 6) is 0.864. The van der Waals surface area contributed by atoms with Crippen molar-refractivity contribution >= 4 is 17.3 Å². The van der Waals surface area contributed by atoms with E-state index in [0.29, 0.717) is 17.4 Å². The third-order valence-corrected chi connectivity index (χ3v) is 6.28. The predicted octanol–water partition coefficient (Wildman–Crippen LogP) is 2.11. The molecule has 2 aromatic rings. The average Bonchev–Trinajstić information content (AvgIpc) is 3.12. The van der Waals surface area contributed by atoms with E-state index in [1.807, 2.05) is 38.8 Å². The van der Waals surface area contributed by atoms with Crippen LogP contribution in [-0.2, 0) is 0 Å². The van der Waals surface area contributed by atoms with Crippen LogP contribution in [0.25, 0.3) is 11.6 Å². The maximum absolute atomic E-state index is 11.4. The fraction of sp³-hybridized carbons (Fsp3) is 0.600. The number of hydrogen-bond donors (Lipinski definition) is 4. The van der Waals surface area contributed by atoms with Crippen LogP contribution < -0.4 is 21.7 Å². The zero-order valence-corrected chi connectivity index (χ0v) is 18.0. The standard InChI is InChI=1S/C20H29N7O3/c1-10(11-7-6-8-11)22-15-13(27(5)12-9-20(12,29)19(2,3)4)14(21)23-16(24-15)17-25-18(28)30-26-17/h9-11,29H,6-8H2,1-5H3,(H,25,26,28)(H3,21,22,23,24)/t10-,20?/m1/s1. The molecule has 0 saturated heterocycles. The fourth-order valence-electron chi connectivity index (χ4n) is 3.84. The molecule has 10 nitrogen and oxygen atoms in total. The number of H-pyrrole nitrogens is 1. The quantitative estimate of drug-likeness (QED) is 0.557. The zero-order chi connectivity index (χ0) is 21.8. The summed E-state index contributed by atoms with van der Waals surface area (Å²) in [4.78, 5) is 24.6. The fourth-order valence-corrected chi connectivity index (χ4v) is 3.84. The summed E-state index contributed by atoms with van der Waals surface area (Å²) in [5.41, 5.74) is 6.26. The number of nitrogens with zero attached hydrogens (tertiary/aromatic N) is 4. The number of aromatic amines is 1. The van der Waals surface area contributed by atoms with Crippen LogP contribution in [0.4, 0.5) is 17.3 Å². The molecule has 4 rings (SSSR count). The lowest BCUT2D eigenvalue weighted by atomic mass is 9.80. The molecule has 10 heteroatoms. The minimum atomic E-state index is -1.03. The van der Waals surface area contributed by atoms with Crippen LogP contribution in [0.1, 0.15) is 47.0 Å². The first-order valence-corrected chi connectivity index (χ1v) is 10.2. The Labute approximate surface area is 174 Å². The second-order valence-electron chi connectivity index (χ2n) is 9.30. The molecule has 0 spiro atoms. The first-order chi connectivity index (χ1) is 14.0. The molecule has 2 aliphatic rings. The molecule has 0 aromatic carbocycles. The smallest absolute Gasteiger partial charge is 0.382 e. The van der Waals surface area contributed by atoms with Gasteiger partial charge in [-0.25, -0.2) is 14.8 Å². The molecule has 1 unspecified atom stereocenters. The van der Waals surface area contributed by atoms with Gasteiger partial charge in [0.1, 0.15) is 11.3 Å². The van der Waals surface area contributed by atoms with Crippen molar-refractivity contribution in [1.82, 2.24) is 20.1 Å². The van der Waals surface area contributed by atoms with Crippen molar-refractivity contribution in [2.24, 2.45) is 11.3 Å². The van der Waals surface area contributed by atoms with Gasteiger partial charge in [-0.15, -0.1) is 0 Å².